The number of hydrogen-bond acceptors (Lipinski definition) is 5. The van der Waals surface area contributed by atoms with Crippen LogP contribution in [0.1, 0.15) is 18.1 Å². The Kier molecular flexibility index (Phi) is 4.30. The first-order valence-electron chi connectivity index (χ1n) is 7.70. The first kappa shape index (κ1) is 16.4. The lowest BCUT2D eigenvalue weighted by molar-refractivity contribution is -0.394. The molecule has 7 nitrogen and oxygen atoms in total. The number of rotatable bonds is 4. The molecule has 0 atom stereocenters. The third kappa shape index (κ3) is 3.12. The molecule has 126 valence electrons. The number of nitro benzene ring substituents is 2. The van der Waals surface area contributed by atoms with E-state index in [1.54, 1.807) is 6.08 Å². The van der Waals surface area contributed by atoms with Gasteiger partial charge in [-0.2, -0.15) is 0 Å². The van der Waals surface area contributed by atoms with E-state index < -0.39 is 9.85 Å². The lowest BCUT2D eigenvalue weighted by atomic mass is 9.97. The van der Waals surface area contributed by atoms with Crippen LogP contribution in [0.2, 0.25) is 0 Å². The van der Waals surface area contributed by atoms with Gasteiger partial charge in [-0.3, -0.25) is 20.2 Å². The summed E-state index contributed by atoms with van der Waals surface area (Å²) in [7, 11) is 0. The predicted octanol–water partition coefficient (Wildman–Crippen LogP) is 4.40. The highest BCUT2D eigenvalue weighted by Crippen LogP contribution is 2.35. The van der Waals surface area contributed by atoms with Crippen molar-refractivity contribution in [1.82, 2.24) is 0 Å². The lowest BCUT2D eigenvalue weighted by Gasteiger charge is -2.26. The van der Waals surface area contributed by atoms with Crippen LogP contribution in [0.25, 0.3) is 11.6 Å². The van der Waals surface area contributed by atoms with E-state index >= 15 is 0 Å². The number of allylic oxidation sites excluding steroid dienone is 2. The van der Waals surface area contributed by atoms with E-state index in [1.165, 1.54) is 12.1 Å². The number of nitrogens with zero attached hydrogens (tertiary/aromatic N) is 3. The summed E-state index contributed by atoms with van der Waals surface area (Å²) < 4.78 is 0. The van der Waals surface area contributed by atoms with E-state index in [4.69, 9.17) is 0 Å². The molecular formula is C18H15N3O4. The molecule has 0 saturated carbocycles. The van der Waals surface area contributed by atoms with Crippen LogP contribution in [-0.2, 0) is 0 Å². The largest absolute Gasteiger partial charge is 0.348 e. The maximum Gasteiger partial charge on any atom is 0.283 e. The number of fused-ring (bicyclic) bond motifs is 1. The Morgan fingerprint density at radius 2 is 1.84 bits per heavy atom. The van der Waals surface area contributed by atoms with Crippen LogP contribution in [0.3, 0.4) is 0 Å². The molecule has 0 saturated heterocycles. The van der Waals surface area contributed by atoms with Crippen LogP contribution in [0.4, 0.5) is 17.1 Å². The average molecular weight is 337 g/mol. The molecule has 0 aromatic heterocycles. The average Bonchev–Trinajstić information content (AvgIpc) is 2.62. The predicted molar refractivity (Wildman–Crippen MR) is 96.2 cm³/mol. The molecule has 1 heterocycles. The maximum atomic E-state index is 11.3. The molecule has 0 radical (unpaired) electrons. The molecule has 0 spiro atoms. The van der Waals surface area contributed by atoms with Gasteiger partial charge in [-0.1, -0.05) is 18.2 Å². The summed E-state index contributed by atoms with van der Waals surface area (Å²) in [5, 5.41) is 22.2. The summed E-state index contributed by atoms with van der Waals surface area (Å²) in [5.74, 6) is 0. The van der Waals surface area contributed by atoms with E-state index in [1.807, 2.05) is 43.5 Å². The van der Waals surface area contributed by atoms with Crippen LogP contribution in [-0.4, -0.2) is 16.4 Å². The van der Waals surface area contributed by atoms with Gasteiger partial charge in [0.15, 0.2) is 0 Å². The minimum atomic E-state index is -0.640. The van der Waals surface area contributed by atoms with Crippen molar-refractivity contribution < 1.29 is 9.85 Å². The summed E-state index contributed by atoms with van der Waals surface area (Å²) in [6.45, 7) is 2.84. The molecule has 0 bridgehead atoms. The summed E-state index contributed by atoms with van der Waals surface area (Å²) in [5.41, 5.74) is 2.53. The van der Waals surface area contributed by atoms with Gasteiger partial charge in [0, 0.05) is 30.1 Å². The smallest absolute Gasteiger partial charge is 0.283 e. The summed E-state index contributed by atoms with van der Waals surface area (Å²) >= 11 is 0. The van der Waals surface area contributed by atoms with Crippen molar-refractivity contribution in [1.29, 1.82) is 0 Å². The van der Waals surface area contributed by atoms with Crippen LogP contribution in [0, 0.1) is 20.2 Å². The number of anilines is 1. The van der Waals surface area contributed by atoms with Crippen molar-refractivity contribution in [2.24, 2.45) is 0 Å². The summed E-state index contributed by atoms with van der Waals surface area (Å²) in [6.07, 6.45) is 5.49. The molecular weight excluding hydrogens is 322 g/mol. The van der Waals surface area contributed by atoms with Gasteiger partial charge in [0.2, 0.25) is 0 Å². The molecule has 0 aliphatic carbocycles. The van der Waals surface area contributed by atoms with E-state index in [0.29, 0.717) is 5.56 Å². The molecule has 1 aliphatic rings. The van der Waals surface area contributed by atoms with E-state index in [0.717, 1.165) is 29.4 Å². The highest BCUT2D eigenvalue weighted by molar-refractivity contribution is 5.95. The van der Waals surface area contributed by atoms with Crippen molar-refractivity contribution in [3.63, 3.8) is 0 Å². The van der Waals surface area contributed by atoms with Crippen molar-refractivity contribution in [3.8, 4) is 0 Å². The minimum absolute atomic E-state index is 0.287. The second-order valence-electron chi connectivity index (χ2n) is 5.48. The van der Waals surface area contributed by atoms with Gasteiger partial charge in [0.05, 0.1) is 21.5 Å². The van der Waals surface area contributed by atoms with E-state index in [9.17, 15) is 20.2 Å². The van der Waals surface area contributed by atoms with Gasteiger partial charge in [-0.05, 0) is 36.8 Å². The van der Waals surface area contributed by atoms with Crippen molar-refractivity contribution >= 4 is 28.7 Å². The molecule has 0 N–H and O–H groups in total. The molecule has 2 aromatic carbocycles. The third-order valence-corrected chi connectivity index (χ3v) is 4.03. The number of benzene rings is 2. The quantitative estimate of drug-likeness (QED) is 0.609. The van der Waals surface area contributed by atoms with E-state index in [-0.39, 0.29) is 11.4 Å². The van der Waals surface area contributed by atoms with Crippen LogP contribution in [0.5, 0.6) is 0 Å². The number of non-ortho nitro benzene ring substituents is 1. The van der Waals surface area contributed by atoms with Gasteiger partial charge in [0.1, 0.15) is 0 Å². The Labute approximate surface area is 143 Å². The van der Waals surface area contributed by atoms with Gasteiger partial charge >= 0.3 is 0 Å². The fraction of sp³-hybridized carbons (Fsp3) is 0.111. The highest BCUT2D eigenvalue weighted by Gasteiger charge is 2.20. The molecule has 25 heavy (non-hydrogen) atoms. The van der Waals surface area contributed by atoms with Crippen molar-refractivity contribution in [3.05, 3.63) is 86.1 Å². The standard InChI is InChI=1S/C18H15N3O4/c1-2-19-10-9-13(16-5-3-4-6-17(16)19)11-14-7-8-15(20(22)23)12-18(14)21(24)25/h3-12H,2H2,1H3/b13-11-. The van der Waals surface area contributed by atoms with Gasteiger partial charge < -0.3 is 4.90 Å². The number of nitro groups is 2. The zero-order valence-electron chi connectivity index (χ0n) is 13.5. The molecule has 7 heteroatoms. The van der Waals surface area contributed by atoms with Crippen LogP contribution < -0.4 is 4.90 Å². The van der Waals surface area contributed by atoms with Gasteiger partial charge in [-0.25, -0.2) is 0 Å². The van der Waals surface area contributed by atoms with Crippen molar-refractivity contribution in [2.75, 3.05) is 11.4 Å². The molecule has 3 rings (SSSR count). The van der Waals surface area contributed by atoms with Crippen LogP contribution >= 0.6 is 0 Å². The molecule has 2 aromatic rings. The minimum Gasteiger partial charge on any atom is -0.348 e. The monoisotopic (exact) mass is 337 g/mol. The second-order valence-corrected chi connectivity index (χ2v) is 5.48. The second kappa shape index (κ2) is 6.56. The Bertz CT molecular complexity index is 918. The Balaban J connectivity index is 2.13. The first-order valence-corrected chi connectivity index (χ1v) is 7.70. The summed E-state index contributed by atoms with van der Waals surface area (Å²) in [6, 6.07) is 11.5. The normalized spacial score (nSPS) is 14.4. The Morgan fingerprint density at radius 3 is 2.52 bits per heavy atom. The fourth-order valence-electron chi connectivity index (χ4n) is 2.80. The third-order valence-electron chi connectivity index (χ3n) is 4.03. The molecule has 1 aliphatic heterocycles. The SMILES string of the molecule is CCN1C=C/C(=C/c2ccc([N+](=O)[O-])cc2[N+](=O)[O-])c2ccccc21. The van der Waals surface area contributed by atoms with Crippen molar-refractivity contribution in [2.45, 2.75) is 6.92 Å². The molecule has 0 amide bonds. The molecule has 0 unspecified atom stereocenters. The zero-order valence-corrected chi connectivity index (χ0v) is 13.5. The van der Waals surface area contributed by atoms with E-state index in [2.05, 4.69) is 4.90 Å². The summed E-state index contributed by atoms with van der Waals surface area (Å²) in [4.78, 5) is 23.0. The maximum absolute atomic E-state index is 11.3. The lowest BCUT2D eigenvalue weighted by Crippen LogP contribution is -2.18. The number of para-hydroxylation sites is 1. The van der Waals surface area contributed by atoms with Crippen LogP contribution in [0.15, 0.2) is 54.7 Å². The Morgan fingerprint density at radius 1 is 1.08 bits per heavy atom. The first-order chi connectivity index (χ1) is 12.0. The topological polar surface area (TPSA) is 89.5 Å². The molecule has 0 fully saturated rings. The van der Waals surface area contributed by atoms with Gasteiger partial charge in [0.25, 0.3) is 11.4 Å². The Hall–Kier alpha value is -3.48. The fourth-order valence-corrected chi connectivity index (χ4v) is 2.80. The highest BCUT2D eigenvalue weighted by atomic mass is 16.6. The van der Waals surface area contributed by atoms with Gasteiger partial charge in [-0.15, -0.1) is 0 Å². The number of hydrogen-bond donors (Lipinski definition) is 0. The zero-order chi connectivity index (χ0) is 18.0.